The van der Waals surface area contributed by atoms with Crippen LogP contribution in [0.4, 0.5) is 0 Å². The number of rotatable bonds is 5. The summed E-state index contributed by atoms with van der Waals surface area (Å²) in [4.78, 5) is 0. The third-order valence-electron chi connectivity index (χ3n) is 3.28. The molecular formula is C12H25NO2. The Kier molecular flexibility index (Phi) is 4.56. The summed E-state index contributed by atoms with van der Waals surface area (Å²) in [6.45, 7) is 10.4. The minimum Gasteiger partial charge on any atom is -0.396 e. The third kappa shape index (κ3) is 4.49. The highest BCUT2D eigenvalue weighted by Crippen LogP contribution is 2.28. The van der Waals surface area contributed by atoms with E-state index in [0.29, 0.717) is 5.41 Å². The maximum absolute atomic E-state index is 9.14. The molecule has 1 fully saturated rings. The zero-order valence-corrected chi connectivity index (χ0v) is 10.3. The second-order valence-electron chi connectivity index (χ2n) is 5.85. The quantitative estimate of drug-likeness (QED) is 0.728. The van der Waals surface area contributed by atoms with Crippen LogP contribution in [0, 0.1) is 10.8 Å². The van der Waals surface area contributed by atoms with E-state index in [2.05, 4.69) is 26.1 Å². The summed E-state index contributed by atoms with van der Waals surface area (Å²) >= 11 is 0. The largest absolute Gasteiger partial charge is 0.396 e. The van der Waals surface area contributed by atoms with Crippen molar-refractivity contribution in [3.63, 3.8) is 0 Å². The first-order valence-electron chi connectivity index (χ1n) is 5.87. The average molecular weight is 215 g/mol. The molecule has 0 aliphatic carbocycles. The second-order valence-corrected chi connectivity index (χ2v) is 5.85. The van der Waals surface area contributed by atoms with E-state index in [1.54, 1.807) is 0 Å². The Hall–Kier alpha value is -0.120. The van der Waals surface area contributed by atoms with E-state index < -0.39 is 0 Å². The van der Waals surface area contributed by atoms with Gasteiger partial charge in [0.15, 0.2) is 0 Å². The molecule has 1 aliphatic rings. The lowest BCUT2D eigenvalue weighted by Gasteiger charge is -2.35. The molecule has 3 heteroatoms. The van der Waals surface area contributed by atoms with Gasteiger partial charge in [0.1, 0.15) is 0 Å². The van der Waals surface area contributed by atoms with Crippen molar-refractivity contribution in [2.45, 2.75) is 33.6 Å². The minimum absolute atomic E-state index is 0.0124. The standard InChI is InChI=1S/C12H25NO2/c1-11(2,10-14)8-13-9-12(3)4-6-15-7-5-12/h13-14H,4-10H2,1-3H3. The molecule has 0 unspecified atom stereocenters. The molecule has 0 aromatic carbocycles. The van der Waals surface area contributed by atoms with E-state index in [1.807, 2.05) is 0 Å². The smallest absolute Gasteiger partial charge is 0.0494 e. The molecule has 0 amide bonds. The van der Waals surface area contributed by atoms with Crippen molar-refractivity contribution >= 4 is 0 Å². The molecule has 2 N–H and O–H groups in total. The topological polar surface area (TPSA) is 41.5 Å². The summed E-state index contributed by atoms with van der Waals surface area (Å²) in [5.74, 6) is 0. The van der Waals surface area contributed by atoms with Crippen molar-refractivity contribution in [1.82, 2.24) is 5.32 Å². The lowest BCUT2D eigenvalue weighted by atomic mass is 9.82. The van der Waals surface area contributed by atoms with Gasteiger partial charge in [-0.3, -0.25) is 0 Å². The van der Waals surface area contributed by atoms with Crippen LogP contribution < -0.4 is 5.32 Å². The SMILES string of the molecule is CC(C)(CO)CNCC1(C)CCOCC1. The predicted molar refractivity (Wildman–Crippen MR) is 61.9 cm³/mol. The summed E-state index contributed by atoms with van der Waals surface area (Å²) in [7, 11) is 0. The summed E-state index contributed by atoms with van der Waals surface area (Å²) in [6.07, 6.45) is 2.28. The van der Waals surface area contributed by atoms with E-state index in [9.17, 15) is 0 Å². The van der Waals surface area contributed by atoms with E-state index >= 15 is 0 Å². The molecule has 0 aromatic rings. The van der Waals surface area contributed by atoms with Gasteiger partial charge in [-0.25, -0.2) is 0 Å². The van der Waals surface area contributed by atoms with Gasteiger partial charge in [0.2, 0.25) is 0 Å². The molecule has 15 heavy (non-hydrogen) atoms. The van der Waals surface area contributed by atoms with Crippen LogP contribution in [0.15, 0.2) is 0 Å². The molecule has 0 bridgehead atoms. The fourth-order valence-corrected chi connectivity index (χ4v) is 1.80. The molecule has 0 aromatic heterocycles. The summed E-state index contributed by atoms with van der Waals surface area (Å²) < 4.78 is 5.37. The van der Waals surface area contributed by atoms with Gasteiger partial charge in [-0.05, 0) is 18.3 Å². The average Bonchev–Trinajstić information content (AvgIpc) is 2.18. The molecule has 0 spiro atoms. The maximum atomic E-state index is 9.14. The first kappa shape index (κ1) is 12.9. The molecule has 90 valence electrons. The van der Waals surface area contributed by atoms with Gasteiger partial charge >= 0.3 is 0 Å². The first-order chi connectivity index (χ1) is 6.97. The Morgan fingerprint density at radius 3 is 2.47 bits per heavy atom. The van der Waals surface area contributed by atoms with E-state index in [1.165, 1.54) is 0 Å². The van der Waals surface area contributed by atoms with Crippen LogP contribution in [0.5, 0.6) is 0 Å². The number of ether oxygens (including phenoxy) is 1. The van der Waals surface area contributed by atoms with E-state index in [-0.39, 0.29) is 12.0 Å². The highest BCUT2D eigenvalue weighted by molar-refractivity contribution is 4.81. The first-order valence-corrected chi connectivity index (χ1v) is 5.87. The molecule has 1 heterocycles. The van der Waals surface area contributed by atoms with Gasteiger partial charge in [0, 0.05) is 38.3 Å². The van der Waals surface area contributed by atoms with Crippen molar-refractivity contribution < 1.29 is 9.84 Å². The highest BCUT2D eigenvalue weighted by atomic mass is 16.5. The van der Waals surface area contributed by atoms with Crippen molar-refractivity contribution in [1.29, 1.82) is 0 Å². The number of hydrogen-bond donors (Lipinski definition) is 2. The Labute approximate surface area is 93.2 Å². The van der Waals surface area contributed by atoms with Crippen LogP contribution in [0.1, 0.15) is 33.6 Å². The van der Waals surface area contributed by atoms with Crippen molar-refractivity contribution in [3.8, 4) is 0 Å². The minimum atomic E-state index is -0.0124. The van der Waals surface area contributed by atoms with Crippen LogP contribution in [-0.2, 0) is 4.74 Å². The van der Waals surface area contributed by atoms with Gasteiger partial charge in [-0.15, -0.1) is 0 Å². The molecule has 1 aliphatic heterocycles. The van der Waals surface area contributed by atoms with Crippen LogP contribution in [0.3, 0.4) is 0 Å². The normalized spacial score (nSPS) is 21.6. The second kappa shape index (κ2) is 5.28. The molecule has 1 rings (SSSR count). The molecular weight excluding hydrogens is 190 g/mol. The summed E-state index contributed by atoms with van der Waals surface area (Å²) in [5.41, 5.74) is 0.366. The predicted octanol–water partition coefficient (Wildman–Crippen LogP) is 1.41. The molecule has 0 radical (unpaired) electrons. The summed E-state index contributed by atoms with van der Waals surface area (Å²) in [5, 5.41) is 12.6. The van der Waals surface area contributed by atoms with E-state index in [4.69, 9.17) is 9.84 Å². The van der Waals surface area contributed by atoms with Gasteiger partial charge < -0.3 is 15.2 Å². The zero-order chi connectivity index (χ0) is 11.4. The van der Waals surface area contributed by atoms with Gasteiger partial charge in [-0.2, -0.15) is 0 Å². The van der Waals surface area contributed by atoms with E-state index in [0.717, 1.165) is 39.1 Å². The Morgan fingerprint density at radius 1 is 1.33 bits per heavy atom. The number of aliphatic hydroxyl groups excluding tert-OH is 1. The zero-order valence-electron chi connectivity index (χ0n) is 10.3. The van der Waals surface area contributed by atoms with Crippen molar-refractivity contribution in [2.24, 2.45) is 10.8 Å². The van der Waals surface area contributed by atoms with Crippen molar-refractivity contribution in [2.75, 3.05) is 32.9 Å². The maximum Gasteiger partial charge on any atom is 0.0494 e. The molecule has 3 nitrogen and oxygen atoms in total. The third-order valence-corrected chi connectivity index (χ3v) is 3.28. The highest BCUT2D eigenvalue weighted by Gasteiger charge is 2.27. The van der Waals surface area contributed by atoms with Crippen LogP contribution in [0.25, 0.3) is 0 Å². The van der Waals surface area contributed by atoms with Crippen LogP contribution in [-0.4, -0.2) is 38.0 Å². The van der Waals surface area contributed by atoms with Gasteiger partial charge in [0.25, 0.3) is 0 Å². The van der Waals surface area contributed by atoms with Crippen molar-refractivity contribution in [3.05, 3.63) is 0 Å². The molecule has 1 saturated heterocycles. The summed E-state index contributed by atoms with van der Waals surface area (Å²) in [6, 6.07) is 0. The molecule has 0 atom stereocenters. The number of nitrogens with one attached hydrogen (secondary N) is 1. The van der Waals surface area contributed by atoms with Gasteiger partial charge in [0.05, 0.1) is 0 Å². The van der Waals surface area contributed by atoms with Crippen LogP contribution in [0.2, 0.25) is 0 Å². The molecule has 0 saturated carbocycles. The monoisotopic (exact) mass is 215 g/mol. The van der Waals surface area contributed by atoms with Crippen LogP contribution >= 0.6 is 0 Å². The Bertz CT molecular complexity index is 186. The lowest BCUT2D eigenvalue weighted by Crippen LogP contribution is -2.41. The Morgan fingerprint density at radius 2 is 1.93 bits per heavy atom. The lowest BCUT2D eigenvalue weighted by molar-refractivity contribution is 0.0224. The Balaban J connectivity index is 2.24. The fourth-order valence-electron chi connectivity index (χ4n) is 1.80. The van der Waals surface area contributed by atoms with Gasteiger partial charge in [-0.1, -0.05) is 20.8 Å². The number of hydrogen-bond acceptors (Lipinski definition) is 3. The number of aliphatic hydroxyl groups is 1. The fraction of sp³-hybridized carbons (Fsp3) is 1.00.